The highest BCUT2D eigenvalue weighted by atomic mass is 16.5. The lowest BCUT2D eigenvalue weighted by Crippen LogP contribution is -2.02. The molecule has 0 fully saturated rings. The number of carboxylic acid groups (broad SMARTS) is 1. The Kier molecular flexibility index (Phi) is 3.68. The highest BCUT2D eigenvalue weighted by Gasteiger charge is 2.13. The lowest BCUT2D eigenvalue weighted by Gasteiger charge is -2.12. The first-order valence-electron chi connectivity index (χ1n) is 5.61. The summed E-state index contributed by atoms with van der Waals surface area (Å²) < 4.78 is 5.55. The van der Waals surface area contributed by atoms with Crippen LogP contribution in [-0.2, 0) is 6.61 Å². The number of carboxylic acids is 1. The van der Waals surface area contributed by atoms with Gasteiger partial charge in [0.2, 0.25) is 0 Å². The Hall–Kier alpha value is -2.53. The van der Waals surface area contributed by atoms with Gasteiger partial charge < -0.3 is 20.7 Å². The number of benzene rings is 2. The van der Waals surface area contributed by atoms with Crippen molar-refractivity contribution >= 4 is 11.7 Å². The lowest BCUT2D eigenvalue weighted by molar-refractivity contribution is 0.0694. The number of nitrogens with two attached hydrogens (primary N) is 1. The standard InChI is InChI=1S/C14H13NO4/c15-10-5-6-13(11(7-10)14(17)18)19-12-4-2-1-3-9(12)8-16/h1-7,16H,8,15H2,(H,17,18). The van der Waals surface area contributed by atoms with E-state index >= 15 is 0 Å². The smallest absolute Gasteiger partial charge is 0.339 e. The summed E-state index contributed by atoms with van der Waals surface area (Å²) >= 11 is 0. The summed E-state index contributed by atoms with van der Waals surface area (Å²) in [5.74, 6) is -0.524. The number of aromatic carboxylic acids is 1. The molecule has 98 valence electrons. The van der Waals surface area contributed by atoms with Crippen LogP contribution in [0.1, 0.15) is 15.9 Å². The minimum atomic E-state index is -1.12. The number of rotatable bonds is 4. The molecule has 0 aliphatic carbocycles. The van der Waals surface area contributed by atoms with Crippen molar-refractivity contribution in [3.63, 3.8) is 0 Å². The zero-order valence-electron chi connectivity index (χ0n) is 10.0. The highest BCUT2D eigenvalue weighted by molar-refractivity contribution is 5.92. The first kappa shape index (κ1) is 12.9. The molecule has 4 N–H and O–H groups in total. The third-order valence-corrected chi connectivity index (χ3v) is 2.60. The van der Waals surface area contributed by atoms with Crippen LogP contribution in [0.4, 0.5) is 5.69 Å². The summed E-state index contributed by atoms with van der Waals surface area (Å²) in [5.41, 5.74) is 6.46. The Morgan fingerprint density at radius 2 is 1.89 bits per heavy atom. The minimum Gasteiger partial charge on any atom is -0.478 e. The molecule has 5 nitrogen and oxygen atoms in total. The van der Waals surface area contributed by atoms with Gasteiger partial charge in [0.25, 0.3) is 0 Å². The van der Waals surface area contributed by atoms with Gasteiger partial charge in [-0.05, 0) is 24.3 Å². The summed E-state index contributed by atoms with van der Waals surface area (Å²) in [6, 6.07) is 11.3. The van der Waals surface area contributed by atoms with Gasteiger partial charge in [-0.25, -0.2) is 4.79 Å². The Labute approximate surface area is 109 Å². The van der Waals surface area contributed by atoms with Crippen LogP contribution < -0.4 is 10.5 Å². The van der Waals surface area contributed by atoms with E-state index in [-0.39, 0.29) is 17.9 Å². The van der Waals surface area contributed by atoms with Gasteiger partial charge >= 0.3 is 5.97 Å². The average molecular weight is 259 g/mol. The van der Waals surface area contributed by atoms with Crippen molar-refractivity contribution in [3.8, 4) is 11.5 Å². The number of para-hydroxylation sites is 1. The molecule has 5 heteroatoms. The van der Waals surface area contributed by atoms with Gasteiger partial charge in [0.1, 0.15) is 17.1 Å². The van der Waals surface area contributed by atoms with E-state index in [2.05, 4.69) is 0 Å². The Morgan fingerprint density at radius 3 is 2.58 bits per heavy atom. The molecule has 2 aromatic rings. The van der Waals surface area contributed by atoms with Crippen LogP contribution in [-0.4, -0.2) is 16.2 Å². The molecule has 0 saturated heterocycles. The number of ether oxygens (including phenoxy) is 1. The van der Waals surface area contributed by atoms with E-state index in [1.54, 1.807) is 30.3 Å². The molecular weight excluding hydrogens is 246 g/mol. The second-order valence-electron chi connectivity index (χ2n) is 3.93. The predicted octanol–water partition coefficient (Wildman–Crippen LogP) is 2.25. The first-order valence-corrected chi connectivity index (χ1v) is 5.61. The van der Waals surface area contributed by atoms with Gasteiger partial charge in [0.05, 0.1) is 6.61 Å². The number of carbonyl (C=O) groups is 1. The molecule has 0 aromatic heterocycles. The molecule has 19 heavy (non-hydrogen) atoms. The van der Waals surface area contributed by atoms with Gasteiger partial charge in [0, 0.05) is 11.3 Å². The monoisotopic (exact) mass is 259 g/mol. The van der Waals surface area contributed by atoms with Gasteiger partial charge in [-0.2, -0.15) is 0 Å². The van der Waals surface area contributed by atoms with Crippen molar-refractivity contribution in [2.45, 2.75) is 6.61 Å². The number of nitrogen functional groups attached to an aromatic ring is 1. The summed E-state index contributed by atoms with van der Waals surface area (Å²) in [6.07, 6.45) is 0. The van der Waals surface area contributed by atoms with E-state index < -0.39 is 5.97 Å². The molecule has 0 unspecified atom stereocenters. The molecule has 0 atom stereocenters. The van der Waals surface area contributed by atoms with Crippen molar-refractivity contribution in [1.82, 2.24) is 0 Å². The number of aliphatic hydroxyl groups is 1. The molecule has 0 heterocycles. The zero-order valence-corrected chi connectivity index (χ0v) is 10.0. The third-order valence-electron chi connectivity index (χ3n) is 2.60. The van der Waals surface area contributed by atoms with Crippen molar-refractivity contribution in [1.29, 1.82) is 0 Å². The summed E-state index contributed by atoms with van der Waals surface area (Å²) in [7, 11) is 0. The molecule has 0 bridgehead atoms. The van der Waals surface area contributed by atoms with Crippen molar-refractivity contribution in [2.24, 2.45) is 0 Å². The largest absolute Gasteiger partial charge is 0.478 e. The summed E-state index contributed by atoms with van der Waals surface area (Å²) in [4.78, 5) is 11.1. The molecule has 0 aliphatic heterocycles. The van der Waals surface area contributed by atoms with Gasteiger partial charge in [-0.3, -0.25) is 0 Å². The number of aliphatic hydroxyl groups excluding tert-OH is 1. The van der Waals surface area contributed by atoms with Gasteiger partial charge in [-0.1, -0.05) is 18.2 Å². The summed E-state index contributed by atoms with van der Waals surface area (Å²) in [6.45, 7) is -0.187. The van der Waals surface area contributed by atoms with Crippen LogP contribution >= 0.6 is 0 Å². The maximum absolute atomic E-state index is 11.1. The van der Waals surface area contributed by atoms with E-state index in [4.69, 9.17) is 15.6 Å². The molecule has 0 aliphatic rings. The Balaban J connectivity index is 2.41. The number of hydrogen-bond donors (Lipinski definition) is 3. The zero-order chi connectivity index (χ0) is 13.8. The maximum Gasteiger partial charge on any atom is 0.339 e. The topological polar surface area (TPSA) is 92.8 Å². The van der Waals surface area contributed by atoms with E-state index in [0.717, 1.165) is 0 Å². The van der Waals surface area contributed by atoms with Gasteiger partial charge in [-0.15, -0.1) is 0 Å². The Morgan fingerprint density at radius 1 is 1.16 bits per heavy atom. The highest BCUT2D eigenvalue weighted by Crippen LogP contribution is 2.29. The molecule has 2 aromatic carbocycles. The second kappa shape index (κ2) is 5.41. The van der Waals surface area contributed by atoms with Crippen molar-refractivity contribution < 1.29 is 19.7 Å². The average Bonchev–Trinajstić information content (AvgIpc) is 2.41. The van der Waals surface area contributed by atoms with Crippen LogP contribution in [0.15, 0.2) is 42.5 Å². The molecular formula is C14H13NO4. The van der Waals surface area contributed by atoms with E-state index in [1.807, 2.05) is 0 Å². The molecule has 0 saturated carbocycles. The molecule has 2 rings (SSSR count). The fraction of sp³-hybridized carbons (Fsp3) is 0.0714. The fourth-order valence-corrected chi connectivity index (χ4v) is 1.66. The SMILES string of the molecule is Nc1ccc(Oc2ccccc2CO)c(C(=O)O)c1. The van der Waals surface area contributed by atoms with E-state index in [9.17, 15) is 9.90 Å². The van der Waals surface area contributed by atoms with Crippen molar-refractivity contribution in [3.05, 3.63) is 53.6 Å². The van der Waals surface area contributed by atoms with Crippen LogP contribution in [0.2, 0.25) is 0 Å². The molecule has 0 radical (unpaired) electrons. The fourth-order valence-electron chi connectivity index (χ4n) is 1.66. The van der Waals surface area contributed by atoms with Crippen molar-refractivity contribution in [2.75, 3.05) is 5.73 Å². The van der Waals surface area contributed by atoms with Crippen LogP contribution in [0, 0.1) is 0 Å². The third kappa shape index (κ3) is 2.83. The quantitative estimate of drug-likeness (QED) is 0.732. The normalized spacial score (nSPS) is 10.2. The van der Waals surface area contributed by atoms with Crippen LogP contribution in [0.25, 0.3) is 0 Å². The van der Waals surface area contributed by atoms with E-state index in [0.29, 0.717) is 17.0 Å². The maximum atomic E-state index is 11.1. The number of hydrogen-bond acceptors (Lipinski definition) is 4. The predicted molar refractivity (Wildman–Crippen MR) is 70.3 cm³/mol. The molecule has 0 spiro atoms. The first-order chi connectivity index (χ1) is 9.11. The Bertz CT molecular complexity index is 610. The summed E-state index contributed by atoms with van der Waals surface area (Å²) in [5, 5.41) is 18.3. The lowest BCUT2D eigenvalue weighted by atomic mass is 10.1. The second-order valence-corrected chi connectivity index (χ2v) is 3.93. The van der Waals surface area contributed by atoms with Gasteiger partial charge in [0.15, 0.2) is 0 Å². The van der Waals surface area contributed by atoms with Crippen LogP contribution in [0.5, 0.6) is 11.5 Å². The number of anilines is 1. The van der Waals surface area contributed by atoms with E-state index in [1.165, 1.54) is 12.1 Å². The molecule has 0 amide bonds. The van der Waals surface area contributed by atoms with Crippen LogP contribution in [0.3, 0.4) is 0 Å². The minimum absolute atomic E-state index is 0.0206.